The van der Waals surface area contributed by atoms with E-state index in [4.69, 9.17) is 32.4 Å². The second-order valence-corrected chi connectivity index (χ2v) is 27.4. The molecule has 0 bridgehead atoms. The maximum atomic E-state index is 13.8. The van der Waals surface area contributed by atoms with E-state index in [-0.39, 0.29) is 41.2 Å². The van der Waals surface area contributed by atoms with Crippen molar-refractivity contribution < 1.29 is 38.2 Å². The van der Waals surface area contributed by atoms with Crippen LogP contribution >= 0.6 is 34.5 Å². The van der Waals surface area contributed by atoms with E-state index in [0.717, 1.165) is 16.5 Å². The molecular weight excluding hydrogens is 1370 g/mol. The molecule has 4 aromatic carbocycles. The number of nitro groups is 2. The van der Waals surface area contributed by atoms with Gasteiger partial charge in [-0.15, -0.1) is 11.3 Å². The van der Waals surface area contributed by atoms with Crippen molar-refractivity contribution in [3.05, 3.63) is 210 Å². The fourth-order valence-electron chi connectivity index (χ4n) is 12.9. The number of thiophene rings is 1. The molecule has 0 saturated carbocycles. The molecule has 3 fully saturated rings. The van der Waals surface area contributed by atoms with Gasteiger partial charge in [0.1, 0.15) is 16.9 Å². The van der Waals surface area contributed by atoms with Gasteiger partial charge in [-0.05, 0) is 122 Å². The summed E-state index contributed by atoms with van der Waals surface area (Å²) in [5.74, 6) is -0.762. The molecule has 27 nitrogen and oxygen atoms in total. The second kappa shape index (κ2) is 33.2. The Labute approximate surface area is 602 Å². The minimum Gasteiger partial charge on any atom is -0.462 e. The van der Waals surface area contributed by atoms with E-state index in [9.17, 15) is 53.8 Å². The molecule has 102 heavy (non-hydrogen) atoms. The third kappa shape index (κ3) is 16.5. The number of amides is 3. The van der Waals surface area contributed by atoms with Gasteiger partial charge in [-0.3, -0.25) is 49.0 Å². The molecule has 3 aliphatic rings. The number of ether oxygens (including phenoxy) is 1. The number of esters is 1. The van der Waals surface area contributed by atoms with Gasteiger partial charge >= 0.3 is 28.5 Å². The smallest absolute Gasteiger partial charge is 0.357 e. The van der Waals surface area contributed by atoms with Crippen LogP contribution in [0.1, 0.15) is 53.4 Å². The van der Waals surface area contributed by atoms with Crippen LogP contribution in [0, 0.1) is 27.2 Å². The molecule has 0 N–H and O–H groups in total. The van der Waals surface area contributed by atoms with Crippen molar-refractivity contribution in [2.45, 2.75) is 33.5 Å². The predicted molar refractivity (Wildman–Crippen MR) is 398 cm³/mol. The highest BCUT2D eigenvalue weighted by molar-refractivity contribution is 7.12. The van der Waals surface area contributed by atoms with Crippen LogP contribution in [0.15, 0.2) is 140 Å². The molecule has 5 aromatic heterocycles. The zero-order valence-corrected chi connectivity index (χ0v) is 60.5. The third-order valence-corrected chi connectivity index (χ3v) is 19.7. The van der Waals surface area contributed by atoms with E-state index in [1.807, 2.05) is 157 Å². The van der Waals surface area contributed by atoms with Crippen molar-refractivity contribution in [2.75, 3.05) is 162 Å². The lowest BCUT2D eigenvalue weighted by molar-refractivity contribution is -0.385. The monoisotopic (exact) mass is 1450 g/mol. The van der Waals surface area contributed by atoms with E-state index < -0.39 is 38.3 Å². The number of aromatic nitrogens is 3. The lowest BCUT2D eigenvalue weighted by Gasteiger charge is -2.37. The zero-order valence-electron chi connectivity index (χ0n) is 58.2. The third-order valence-electron chi connectivity index (χ3n) is 18.1. The first-order valence-corrected chi connectivity index (χ1v) is 35.0. The standard InChI is InChI=1S/C28H32Cl2N4O4.C22H25N5O5.C22H25N5O4S/c1-5-38-28(37)24-25(20-16-18(2)6-9-23(20)34(27(24)36)15-10-31(3)4)32-11-13-33(14-12-32)26(35)19-7-8-21(29)22(30)17-19;2*1-23(2)9-14-26-17-7-4-3-6-16(17)19(20(22(26)29)27(30)31)24-10-12-25(13-11-24)21(28)18-8-5-15-32-18/h6-9,16-17H,5,10-15H2,1-4H3;2*3-8,15H,9-14H2,1-2H3. The molecule has 0 unspecified atom stereocenters. The molecule has 0 aliphatic carbocycles. The normalized spacial score (nSPS) is 14.2. The summed E-state index contributed by atoms with van der Waals surface area (Å²) >= 11 is 13.5. The summed E-state index contributed by atoms with van der Waals surface area (Å²) in [6.07, 6.45) is 1.45. The topological polar surface area (TPSA) is 272 Å². The van der Waals surface area contributed by atoms with Crippen LogP contribution in [-0.4, -0.2) is 224 Å². The van der Waals surface area contributed by atoms with Crippen LogP contribution in [0.2, 0.25) is 10.0 Å². The number of likely N-dealkylation sites (N-methyl/N-ethyl adjacent to an activating group) is 3. The van der Waals surface area contributed by atoms with Gasteiger partial charge in [0.05, 0.1) is 59.9 Å². The zero-order chi connectivity index (χ0) is 73.2. The van der Waals surface area contributed by atoms with Crippen molar-refractivity contribution in [2.24, 2.45) is 0 Å². The maximum absolute atomic E-state index is 13.8. The highest BCUT2D eigenvalue weighted by atomic mass is 35.5. The highest BCUT2D eigenvalue weighted by Gasteiger charge is 2.36. The Morgan fingerprint density at radius 1 is 0.520 bits per heavy atom. The maximum Gasteiger partial charge on any atom is 0.357 e. The van der Waals surface area contributed by atoms with Crippen molar-refractivity contribution in [3.8, 4) is 0 Å². The molecule has 3 amide bonds. The summed E-state index contributed by atoms with van der Waals surface area (Å²) in [7, 11) is 11.5. The van der Waals surface area contributed by atoms with Crippen LogP contribution in [0.3, 0.4) is 0 Å². The summed E-state index contributed by atoms with van der Waals surface area (Å²) in [4.78, 5) is 132. The summed E-state index contributed by atoms with van der Waals surface area (Å²) < 4.78 is 15.2. The molecule has 0 spiro atoms. The van der Waals surface area contributed by atoms with E-state index >= 15 is 0 Å². The number of hydrogen-bond donors (Lipinski definition) is 0. The number of carbonyl (C=O) groups excluding carboxylic acids is 4. The molecule has 8 heterocycles. The van der Waals surface area contributed by atoms with Crippen molar-refractivity contribution >= 4 is 119 Å². The number of para-hydroxylation sites is 2. The largest absolute Gasteiger partial charge is 0.462 e. The van der Waals surface area contributed by atoms with E-state index in [1.165, 1.54) is 26.7 Å². The number of pyridine rings is 3. The van der Waals surface area contributed by atoms with E-state index in [1.54, 1.807) is 62.6 Å². The highest BCUT2D eigenvalue weighted by Crippen LogP contribution is 2.38. The average molecular weight is 1450 g/mol. The summed E-state index contributed by atoms with van der Waals surface area (Å²) in [5.41, 5.74) is 2.45. The molecule has 538 valence electrons. The van der Waals surface area contributed by atoms with Crippen molar-refractivity contribution in [1.82, 2.24) is 43.1 Å². The number of furan rings is 1. The van der Waals surface area contributed by atoms with Gasteiger partial charge in [0.2, 0.25) is 0 Å². The Kier molecular flexibility index (Phi) is 24.3. The first-order valence-electron chi connectivity index (χ1n) is 33.4. The van der Waals surface area contributed by atoms with Crippen molar-refractivity contribution in [1.29, 1.82) is 0 Å². The molecule has 0 radical (unpaired) electrons. The molecule has 12 rings (SSSR count). The number of piperazine rings is 3. The Balaban J connectivity index is 0.000000166. The average Bonchev–Trinajstić information content (AvgIpc) is 0.837. The van der Waals surface area contributed by atoms with Crippen LogP contribution in [0.25, 0.3) is 32.7 Å². The Morgan fingerprint density at radius 2 is 0.980 bits per heavy atom. The van der Waals surface area contributed by atoms with Crippen LogP contribution in [-0.2, 0) is 24.4 Å². The van der Waals surface area contributed by atoms with Crippen LogP contribution in [0.5, 0.6) is 0 Å². The molecule has 30 heteroatoms. The first kappa shape index (κ1) is 74.7. The molecule has 3 saturated heterocycles. The van der Waals surface area contributed by atoms with Gasteiger partial charge < -0.3 is 67.0 Å². The molecular formula is C72H82Cl2N14O13S. The molecule has 0 atom stereocenters. The number of hydrogen-bond acceptors (Lipinski definition) is 20. The van der Waals surface area contributed by atoms with Gasteiger partial charge in [0.25, 0.3) is 23.3 Å². The Morgan fingerprint density at radius 3 is 1.42 bits per heavy atom. The van der Waals surface area contributed by atoms with Gasteiger partial charge in [0.15, 0.2) is 5.76 Å². The lowest BCUT2D eigenvalue weighted by Crippen LogP contribution is -2.50. The Hall–Kier alpha value is -9.97. The fourth-order valence-corrected chi connectivity index (χ4v) is 13.9. The van der Waals surface area contributed by atoms with Gasteiger partial charge in [-0.2, -0.15) is 0 Å². The molecule has 9 aromatic rings. The molecule has 3 aliphatic heterocycles. The van der Waals surface area contributed by atoms with E-state index in [2.05, 4.69) is 0 Å². The number of fused-ring (bicyclic) bond motifs is 3. The number of halogens is 2. The van der Waals surface area contributed by atoms with Gasteiger partial charge in [-0.1, -0.05) is 77.3 Å². The Bertz CT molecular complexity index is 4580. The number of nitrogens with zero attached hydrogens (tertiary/aromatic N) is 14. The van der Waals surface area contributed by atoms with Crippen LogP contribution in [0.4, 0.5) is 28.4 Å². The number of benzene rings is 4. The minimum absolute atomic E-state index is 0.0295. The minimum atomic E-state index is -0.635. The van der Waals surface area contributed by atoms with Gasteiger partial charge in [0, 0.05) is 140 Å². The fraction of sp³-hybridized carbons (Fsp3) is 0.375. The summed E-state index contributed by atoms with van der Waals surface area (Å²) in [6, 6.07) is 32.2. The number of anilines is 3. The van der Waals surface area contributed by atoms with E-state index in [0.29, 0.717) is 177 Å². The second-order valence-electron chi connectivity index (χ2n) is 25.6. The first-order chi connectivity index (χ1) is 48.9. The summed E-state index contributed by atoms with van der Waals surface area (Å²) in [5, 5.41) is 28.8. The number of aryl methyl sites for hydroxylation is 1. The quantitative estimate of drug-likeness (QED) is 0.0415. The van der Waals surface area contributed by atoms with Crippen LogP contribution < -0.4 is 31.4 Å². The lowest BCUT2D eigenvalue weighted by atomic mass is 10.0. The van der Waals surface area contributed by atoms with Gasteiger partial charge in [-0.25, -0.2) is 4.79 Å². The predicted octanol–water partition coefficient (Wildman–Crippen LogP) is 8.84. The SMILES string of the molecule is CCOC(=O)c1c(N2CCN(C(=O)c3ccc(Cl)c(Cl)c3)CC2)c2cc(C)ccc2n(CCN(C)C)c1=O.CN(C)CCn1c(=O)c([N+](=O)[O-])c(N2CCN(C(=O)c3ccco3)CC2)c2ccccc21.CN(C)CCn1c(=O)c([N+](=O)[O-])c(N2CCN(C(=O)c3cccs3)CC2)c2ccccc21. The number of rotatable bonds is 19. The number of carbonyl (C=O) groups is 4. The van der Waals surface area contributed by atoms with Crippen molar-refractivity contribution in [3.63, 3.8) is 0 Å². The summed E-state index contributed by atoms with van der Waals surface area (Å²) in [6.45, 7) is 11.7.